The van der Waals surface area contributed by atoms with Crippen LogP contribution in [0.3, 0.4) is 0 Å². The van der Waals surface area contributed by atoms with Crippen molar-refractivity contribution in [1.29, 1.82) is 0 Å². The van der Waals surface area contributed by atoms with E-state index in [-0.39, 0.29) is 11.6 Å². The van der Waals surface area contributed by atoms with Crippen LogP contribution in [0.5, 0.6) is 0 Å². The average Bonchev–Trinajstić information content (AvgIpc) is 2.79. The fourth-order valence-electron chi connectivity index (χ4n) is 3.05. The van der Waals surface area contributed by atoms with Gasteiger partial charge >= 0.3 is 181 Å². The fourth-order valence-corrected chi connectivity index (χ4v) is 5.72. The molecule has 0 aliphatic rings. The Balaban J connectivity index is 1.56. The number of hydrogen-bond donors (Lipinski definition) is 0. The van der Waals surface area contributed by atoms with Crippen LogP contribution < -0.4 is 7.22 Å². The second kappa shape index (κ2) is 9.01. The van der Waals surface area contributed by atoms with E-state index in [9.17, 15) is 9.59 Å². The second-order valence-corrected chi connectivity index (χ2v) is 9.82. The van der Waals surface area contributed by atoms with Crippen LogP contribution in [0, 0.1) is 0 Å². The van der Waals surface area contributed by atoms with E-state index in [1.807, 2.05) is 97.1 Å². The molecule has 0 radical (unpaired) electrons. The minimum atomic E-state index is -0.711. The first-order chi connectivity index (χ1) is 14.2. The van der Waals surface area contributed by atoms with Gasteiger partial charge in [0.25, 0.3) is 0 Å². The standard InChI is InChI=1S/C26H18O2Te/c27-25(19-9-3-1-4-10-19)21-13-7-15-23(17-21)29-24-16-8-14-22(18-24)26(28)20-11-5-2-6-12-20/h1-18H. The molecule has 0 heterocycles. The first kappa shape index (κ1) is 19.3. The SMILES string of the molecule is O=C(c1ccccc1)c1cccc([Te]c2cccc(C(=O)c3ccccc3)c2)c1. The normalized spacial score (nSPS) is 10.5. The van der Waals surface area contributed by atoms with Crippen molar-refractivity contribution in [2.45, 2.75) is 0 Å². The van der Waals surface area contributed by atoms with Gasteiger partial charge in [-0.05, 0) is 0 Å². The third-order valence-electron chi connectivity index (χ3n) is 4.50. The maximum absolute atomic E-state index is 12.7. The van der Waals surface area contributed by atoms with Crippen LogP contribution in [-0.2, 0) is 0 Å². The van der Waals surface area contributed by atoms with E-state index < -0.39 is 20.9 Å². The molecule has 0 fully saturated rings. The molecule has 0 atom stereocenters. The van der Waals surface area contributed by atoms with Gasteiger partial charge in [-0.1, -0.05) is 0 Å². The van der Waals surface area contributed by atoms with E-state index in [1.165, 1.54) is 7.22 Å². The zero-order valence-electron chi connectivity index (χ0n) is 15.6. The topological polar surface area (TPSA) is 34.1 Å². The van der Waals surface area contributed by atoms with Crippen LogP contribution >= 0.6 is 0 Å². The molecule has 2 nitrogen and oxygen atoms in total. The summed E-state index contributed by atoms with van der Waals surface area (Å²) in [7, 11) is 0. The van der Waals surface area contributed by atoms with Crippen molar-refractivity contribution in [1.82, 2.24) is 0 Å². The van der Waals surface area contributed by atoms with Gasteiger partial charge < -0.3 is 0 Å². The van der Waals surface area contributed by atoms with Crippen LogP contribution in [0.4, 0.5) is 0 Å². The third kappa shape index (κ3) is 4.71. The Morgan fingerprint density at radius 1 is 0.448 bits per heavy atom. The van der Waals surface area contributed by atoms with Gasteiger partial charge in [0.05, 0.1) is 0 Å². The van der Waals surface area contributed by atoms with Crippen LogP contribution in [0.2, 0.25) is 0 Å². The molecule has 0 aliphatic heterocycles. The molecule has 3 heteroatoms. The van der Waals surface area contributed by atoms with Gasteiger partial charge in [0.2, 0.25) is 0 Å². The monoisotopic (exact) mass is 492 g/mol. The summed E-state index contributed by atoms with van der Waals surface area (Å²) in [5, 5.41) is 0. The molecule has 0 aromatic heterocycles. The molecule has 4 aromatic rings. The van der Waals surface area contributed by atoms with Crippen molar-refractivity contribution in [2.24, 2.45) is 0 Å². The van der Waals surface area contributed by atoms with Gasteiger partial charge in [-0.25, -0.2) is 0 Å². The summed E-state index contributed by atoms with van der Waals surface area (Å²) < 4.78 is 2.34. The molecule has 4 rings (SSSR count). The molecule has 0 aliphatic carbocycles. The fraction of sp³-hybridized carbons (Fsp3) is 0. The van der Waals surface area contributed by atoms with Crippen LogP contribution in [0.15, 0.2) is 109 Å². The van der Waals surface area contributed by atoms with Gasteiger partial charge in [-0.2, -0.15) is 0 Å². The molecule has 0 spiro atoms. The zero-order valence-corrected chi connectivity index (χ0v) is 17.9. The van der Waals surface area contributed by atoms with Crippen molar-refractivity contribution in [3.05, 3.63) is 131 Å². The summed E-state index contributed by atoms with van der Waals surface area (Å²) in [4.78, 5) is 25.4. The van der Waals surface area contributed by atoms with E-state index in [0.717, 1.165) is 0 Å². The number of carbonyl (C=O) groups excluding carboxylic acids is 2. The molecule has 29 heavy (non-hydrogen) atoms. The number of ketones is 2. The molecule has 0 bridgehead atoms. The van der Waals surface area contributed by atoms with Crippen LogP contribution in [-0.4, -0.2) is 32.5 Å². The van der Waals surface area contributed by atoms with Crippen molar-refractivity contribution in [2.75, 3.05) is 0 Å². The minimum absolute atomic E-state index is 0.0351. The number of rotatable bonds is 6. The summed E-state index contributed by atoms with van der Waals surface area (Å²) in [6.45, 7) is 0. The zero-order chi connectivity index (χ0) is 20.1. The molecular formula is C26H18O2Te. The predicted molar refractivity (Wildman–Crippen MR) is 118 cm³/mol. The quantitative estimate of drug-likeness (QED) is 0.305. The second-order valence-electron chi connectivity index (χ2n) is 6.55. The third-order valence-corrected chi connectivity index (χ3v) is 7.30. The van der Waals surface area contributed by atoms with Gasteiger partial charge in [0.1, 0.15) is 0 Å². The number of carbonyl (C=O) groups is 2. The Morgan fingerprint density at radius 3 is 1.24 bits per heavy atom. The maximum atomic E-state index is 12.7. The molecule has 0 amide bonds. The van der Waals surface area contributed by atoms with Gasteiger partial charge in [-0.3, -0.25) is 0 Å². The van der Waals surface area contributed by atoms with Crippen molar-refractivity contribution in [3.63, 3.8) is 0 Å². The Bertz CT molecular complexity index is 1060. The van der Waals surface area contributed by atoms with E-state index in [4.69, 9.17) is 0 Å². The summed E-state index contributed by atoms with van der Waals surface area (Å²) in [6, 6.07) is 34.4. The molecule has 0 saturated carbocycles. The number of hydrogen-bond acceptors (Lipinski definition) is 2. The average molecular weight is 490 g/mol. The van der Waals surface area contributed by atoms with Crippen LogP contribution in [0.1, 0.15) is 31.8 Å². The van der Waals surface area contributed by atoms with E-state index in [2.05, 4.69) is 12.1 Å². The van der Waals surface area contributed by atoms with Crippen molar-refractivity contribution >= 4 is 39.7 Å². The summed E-state index contributed by atoms with van der Waals surface area (Å²) >= 11 is -0.711. The Hall–Kier alpha value is -2.99. The van der Waals surface area contributed by atoms with E-state index >= 15 is 0 Å². The summed E-state index contributed by atoms with van der Waals surface area (Å²) in [5.74, 6) is 0.0702. The molecule has 140 valence electrons. The van der Waals surface area contributed by atoms with Crippen molar-refractivity contribution < 1.29 is 9.59 Å². The van der Waals surface area contributed by atoms with E-state index in [1.54, 1.807) is 0 Å². The molecule has 0 unspecified atom stereocenters. The molecule has 0 N–H and O–H groups in total. The number of benzene rings is 4. The van der Waals surface area contributed by atoms with Gasteiger partial charge in [0.15, 0.2) is 0 Å². The summed E-state index contributed by atoms with van der Waals surface area (Å²) in [5.41, 5.74) is 2.80. The summed E-state index contributed by atoms with van der Waals surface area (Å²) in [6.07, 6.45) is 0. The first-order valence-corrected chi connectivity index (χ1v) is 11.6. The van der Waals surface area contributed by atoms with E-state index in [0.29, 0.717) is 22.3 Å². The van der Waals surface area contributed by atoms with Crippen LogP contribution in [0.25, 0.3) is 0 Å². The Labute approximate surface area is 180 Å². The molecular weight excluding hydrogens is 472 g/mol. The Morgan fingerprint density at radius 2 is 0.828 bits per heavy atom. The van der Waals surface area contributed by atoms with Gasteiger partial charge in [-0.15, -0.1) is 0 Å². The first-order valence-electron chi connectivity index (χ1n) is 9.28. The van der Waals surface area contributed by atoms with Gasteiger partial charge in [0, 0.05) is 0 Å². The predicted octanol–water partition coefficient (Wildman–Crippen LogP) is 3.80. The molecule has 0 saturated heterocycles. The Kier molecular flexibility index (Phi) is 6.00. The molecule has 4 aromatic carbocycles. The van der Waals surface area contributed by atoms with Crippen molar-refractivity contribution in [3.8, 4) is 0 Å².